The van der Waals surface area contributed by atoms with E-state index in [0.29, 0.717) is 0 Å². The van der Waals surface area contributed by atoms with Gasteiger partial charge in [0.1, 0.15) is 0 Å². The Bertz CT molecular complexity index is 3650. The number of aromatic nitrogens is 8. The summed E-state index contributed by atoms with van der Waals surface area (Å²) >= 11 is 0. The molecule has 0 spiro atoms. The third kappa shape index (κ3) is 55.3. The zero-order chi connectivity index (χ0) is 85.5. The maximum atomic E-state index is 9.45. The van der Waals surface area contributed by atoms with Crippen LogP contribution in [0.4, 0.5) is 0 Å². The van der Waals surface area contributed by atoms with E-state index in [1.165, 1.54) is 108 Å². The Kier molecular flexibility index (Phi) is 67.0. The Hall–Kier alpha value is -6.54. The van der Waals surface area contributed by atoms with Crippen LogP contribution in [0.25, 0.3) is 0 Å². The minimum absolute atomic E-state index is 0. The molecule has 0 saturated heterocycles. The van der Waals surface area contributed by atoms with Crippen molar-refractivity contribution in [1.29, 1.82) is 0 Å². The second-order valence-electron chi connectivity index (χ2n) is 31.7. The van der Waals surface area contributed by atoms with Crippen LogP contribution in [0, 0.1) is 13.8 Å². The summed E-state index contributed by atoms with van der Waals surface area (Å²) in [6.07, 6.45) is 33.0. The van der Waals surface area contributed by atoms with Gasteiger partial charge in [-0.25, -0.2) is 0 Å². The first-order chi connectivity index (χ1) is 56.8. The summed E-state index contributed by atoms with van der Waals surface area (Å²) in [5, 5.41) is 37.8. The fourth-order valence-electron chi connectivity index (χ4n) is 10.8. The Morgan fingerprint density at radius 3 is 0.395 bits per heavy atom. The van der Waals surface area contributed by atoms with Crippen molar-refractivity contribution in [1.82, 2.24) is 39.9 Å². The normalized spacial score (nSPS) is 14.5. The summed E-state index contributed by atoms with van der Waals surface area (Å²) < 4.78 is 0. The molecule has 16 heterocycles. The molecule has 0 unspecified atom stereocenters. The van der Waals surface area contributed by atoms with Crippen molar-refractivity contribution < 1.29 is 157 Å². The van der Waals surface area contributed by atoms with Crippen LogP contribution < -0.4 is 60.9 Å². The summed E-state index contributed by atoms with van der Waals surface area (Å²) in [5.41, 5.74) is 18.6. The minimum Gasteiger partial charge on any atom is -0.723 e. The van der Waals surface area contributed by atoms with Crippen molar-refractivity contribution in [3.63, 3.8) is 0 Å². The van der Waals surface area contributed by atoms with Crippen LogP contribution in [0.1, 0.15) is 242 Å². The van der Waals surface area contributed by atoms with Crippen molar-refractivity contribution in [3.8, 4) is 0 Å². The molecule has 0 fully saturated rings. The van der Waals surface area contributed by atoms with E-state index in [9.17, 15) is 21.0 Å². The molecule has 18 rings (SSSR count). The first-order valence-corrected chi connectivity index (χ1v) is 40.9. The fraction of sp³-hybridized carbons (Fsp3) is 0.447. The summed E-state index contributed by atoms with van der Waals surface area (Å²) in [6.45, 7) is 32.6. The first kappa shape index (κ1) is 120. The molecule has 24 nitrogen and oxygen atoms in total. The summed E-state index contributed by atoms with van der Waals surface area (Å²) in [5.74, 6) is 0. The minimum atomic E-state index is -0.514. The standard InChI is InChI=1S/8C8H9N2.2C7H8.4C4H10O2.6Zn/c8*1-3-7(9-5-1)8-4-2-6-10-8;2*1-7-5-3-2-4-6-7;4*1-4(2,3)6-5;;;;;;/h8*1,3,5H,2,4,6H2;2*2-6H,1H3;4*5H,1-3H3;;;;;;/q8*-1;;;;;;;6*+2/p-4. The molecule has 8 aliphatic heterocycles. The number of nitrogens with zero attached hydrogens (tertiary/aromatic N) is 16. The molecule has 30 heteroatoms. The molecule has 8 aliphatic rings. The van der Waals surface area contributed by atoms with Crippen LogP contribution in [0.3, 0.4) is 0 Å². The molecule has 8 aromatic heterocycles. The van der Waals surface area contributed by atoms with Crippen molar-refractivity contribution >= 4 is 45.7 Å². The summed E-state index contributed by atoms with van der Waals surface area (Å²) in [7, 11) is 0. The van der Waals surface area contributed by atoms with Crippen LogP contribution in [-0.4, -0.2) is 120 Å². The zero-order valence-corrected chi connectivity index (χ0v) is 94.1. The van der Waals surface area contributed by atoms with Crippen molar-refractivity contribution in [3.05, 3.63) is 264 Å². The van der Waals surface area contributed by atoms with Gasteiger partial charge in [-0.15, -0.1) is 45.6 Å². The first-order valence-electron chi connectivity index (χ1n) is 40.9. The van der Waals surface area contributed by atoms with Gasteiger partial charge in [-0.2, -0.15) is 49.6 Å². The molecule has 0 amide bonds. The number of benzene rings is 2. The van der Waals surface area contributed by atoms with Gasteiger partial charge in [0.05, 0.1) is 0 Å². The van der Waals surface area contributed by atoms with E-state index < -0.39 is 22.4 Å². The number of aryl methyl sites for hydroxylation is 2. The average molecular weight is 2000 g/mol. The number of rotatable bonds is 8. The Morgan fingerprint density at radius 2 is 0.331 bits per heavy atom. The van der Waals surface area contributed by atoms with Crippen LogP contribution in [-0.2, 0) is 136 Å². The quantitative estimate of drug-likeness (QED) is 0.0775. The second kappa shape index (κ2) is 69.5. The van der Waals surface area contributed by atoms with Crippen molar-refractivity contribution in [2.75, 3.05) is 52.4 Å². The summed E-state index contributed by atoms with van der Waals surface area (Å²) in [6, 6.07) is 52.3. The number of hydrogen-bond donors (Lipinski definition) is 0. The summed E-state index contributed by atoms with van der Waals surface area (Å²) in [4.78, 5) is 82.7. The van der Waals surface area contributed by atoms with Crippen LogP contribution in [0.15, 0.2) is 247 Å². The van der Waals surface area contributed by atoms with E-state index >= 15 is 0 Å². The van der Waals surface area contributed by atoms with Crippen molar-refractivity contribution in [2.45, 2.75) is 222 Å². The van der Waals surface area contributed by atoms with Crippen LogP contribution in [0.2, 0.25) is 0 Å². The van der Waals surface area contributed by atoms with Gasteiger partial charge in [-0.1, -0.05) is 169 Å². The molecule has 0 radical (unpaired) electrons. The van der Waals surface area contributed by atoms with E-state index in [4.69, 9.17) is 0 Å². The average Bonchev–Trinajstić information content (AvgIpc) is 1.80. The topological polar surface area (TPSA) is 341 Å². The molecule has 0 bridgehead atoms. The maximum absolute atomic E-state index is 9.45. The fourth-order valence-corrected chi connectivity index (χ4v) is 10.8. The van der Waals surface area contributed by atoms with E-state index in [1.54, 1.807) is 83.1 Å². The monoisotopic (exact) mass is 1990 g/mol. The molecule has 0 aliphatic carbocycles. The Morgan fingerprint density at radius 1 is 0.210 bits per heavy atom. The van der Waals surface area contributed by atoms with Gasteiger partial charge in [-0.3, -0.25) is 39.9 Å². The molecule has 124 heavy (non-hydrogen) atoms. The van der Waals surface area contributed by atoms with Gasteiger partial charge in [0.2, 0.25) is 0 Å². The van der Waals surface area contributed by atoms with Gasteiger partial charge >= 0.3 is 117 Å². The number of aliphatic imine (C=N–C) groups is 8. The Balaban J connectivity index is 0. The third-order valence-corrected chi connectivity index (χ3v) is 16.7. The molecular weight excluding hydrogens is 1870 g/mol. The van der Waals surface area contributed by atoms with Gasteiger partial charge < -0.3 is 80.5 Å². The molecule has 2 aromatic carbocycles. The van der Waals surface area contributed by atoms with Crippen LogP contribution >= 0.6 is 0 Å². The maximum Gasteiger partial charge on any atom is 2.00 e. The van der Waals surface area contributed by atoms with E-state index in [1.807, 2.05) is 183 Å². The Labute approximate surface area is 814 Å². The van der Waals surface area contributed by atoms with Gasteiger partial charge in [0.25, 0.3) is 0 Å². The SMILES string of the molecule is CC(C)(C)O[O-].CC(C)(C)O[O-].CC(C)(C)O[O-].CC(C)(C)O[O-].Cc1ccccc1.Cc1ccccc1.[Zn+2].[Zn+2].[Zn+2].[Zn+2].[Zn+2].[Zn+2].c1c[n-]c(C2=NCCC2)c1.c1c[n-]c(C2=NCCC2)c1.c1c[n-]c(C2=NCCC2)c1.c1c[n-]c(C2=NCCC2)c1.c1c[n-]c(C2=NCCC2)c1.c1c[n-]c(C2=NCCC2)c1.c1c[n-]c(C2=NCCC2)c1.c1c[n-]c(C2=NCCC2)c1. The van der Waals surface area contributed by atoms with E-state index in [-0.39, 0.29) is 117 Å². The van der Waals surface area contributed by atoms with Gasteiger partial charge in [-0.05, 0) is 200 Å². The molecular formula is C94H124N16O8Zn6. The predicted octanol–water partition coefficient (Wildman–Crippen LogP) is 14.1. The van der Waals surface area contributed by atoms with E-state index in [2.05, 4.69) is 137 Å². The second-order valence-corrected chi connectivity index (χ2v) is 31.7. The van der Waals surface area contributed by atoms with Crippen LogP contribution in [0.5, 0.6) is 0 Å². The van der Waals surface area contributed by atoms with Gasteiger partial charge in [0.15, 0.2) is 0 Å². The zero-order valence-electron chi connectivity index (χ0n) is 76.3. The molecule has 0 atom stereocenters. The largest absolute Gasteiger partial charge is 2.00 e. The smallest absolute Gasteiger partial charge is 0.723 e. The van der Waals surface area contributed by atoms with Crippen molar-refractivity contribution in [2.24, 2.45) is 39.9 Å². The molecule has 0 saturated carbocycles. The predicted molar refractivity (Wildman–Crippen MR) is 469 cm³/mol. The van der Waals surface area contributed by atoms with E-state index in [0.717, 1.165) is 149 Å². The molecule has 0 N–H and O–H groups in total. The molecule has 640 valence electrons. The molecule has 10 aromatic rings. The third-order valence-electron chi connectivity index (χ3n) is 16.7. The van der Waals surface area contributed by atoms with Gasteiger partial charge in [0, 0.05) is 120 Å². The number of hydrogen-bond acceptors (Lipinski definition) is 16.